The summed E-state index contributed by atoms with van der Waals surface area (Å²) < 4.78 is 5.99. The van der Waals surface area contributed by atoms with E-state index in [1.165, 1.54) is 65.8 Å². The Bertz CT molecular complexity index is 806. The SMILES string of the molecule is COC(=O)CCSc1cc(C)c2nc(C34CCCCC[C@@H](C3)N4)sc2c1. The van der Waals surface area contributed by atoms with Crippen molar-refractivity contribution in [3.63, 3.8) is 0 Å². The van der Waals surface area contributed by atoms with E-state index >= 15 is 0 Å². The Balaban J connectivity index is 1.55. The molecule has 1 N–H and O–H groups in total. The number of rotatable bonds is 5. The molecule has 1 aromatic heterocycles. The smallest absolute Gasteiger partial charge is 0.306 e. The van der Waals surface area contributed by atoms with E-state index in [1.54, 1.807) is 11.8 Å². The summed E-state index contributed by atoms with van der Waals surface area (Å²) in [6, 6.07) is 5.12. The first-order chi connectivity index (χ1) is 12.6. The van der Waals surface area contributed by atoms with Gasteiger partial charge in [-0.3, -0.25) is 4.79 Å². The Hall–Kier alpha value is -1.11. The number of carbonyl (C=O) groups excluding carboxylic acids is 1. The highest BCUT2D eigenvalue weighted by Crippen LogP contribution is 2.46. The summed E-state index contributed by atoms with van der Waals surface area (Å²) in [5.41, 5.74) is 2.49. The van der Waals surface area contributed by atoms with E-state index in [0.29, 0.717) is 12.5 Å². The Morgan fingerprint density at radius 2 is 2.27 bits per heavy atom. The van der Waals surface area contributed by atoms with Gasteiger partial charge in [0.15, 0.2) is 0 Å². The number of thioether (sulfide) groups is 1. The van der Waals surface area contributed by atoms with Crippen LogP contribution < -0.4 is 5.32 Å². The standard InChI is InChI=1S/C20H26N2O2S2/c1-13-10-15(25-9-7-17(23)24-2)11-16-18(13)21-19(26-16)20-8-5-3-4-6-14(12-20)22-20/h10-11,14,22H,3-9,12H2,1-2H3/t14-,20?/m0/s1. The molecule has 2 atom stereocenters. The maximum Gasteiger partial charge on any atom is 0.306 e. The largest absolute Gasteiger partial charge is 0.469 e. The molecule has 2 bridgehead atoms. The fraction of sp³-hybridized carbons (Fsp3) is 0.600. The molecule has 1 saturated carbocycles. The minimum Gasteiger partial charge on any atom is -0.469 e. The van der Waals surface area contributed by atoms with Crippen molar-refractivity contribution in [3.8, 4) is 0 Å². The number of nitrogens with one attached hydrogen (secondary N) is 1. The number of methoxy groups -OCH3 is 1. The van der Waals surface area contributed by atoms with Crippen molar-refractivity contribution in [2.45, 2.75) is 68.3 Å². The zero-order chi connectivity index (χ0) is 18.1. The molecule has 0 radical (unpaired) electrons. The average Bonchev–Trinajstić information content (AvgIpc) is 2.97. The molecule has 5 rings (SSSR count). The van der Waals surface area contributed by atoms with E-state index in [-0.39, 0.29) is 11.5 Å². The van der Waals surface area contributed by atoms with Gasteiger partial charge in [0.05, 0.1) is 29.3 Å². The Morgan fingerprint density at radius 3 is 3.08 bits per heavy atom. The molecule has 3 heterocycles. The van der Waals surface area contributed by atoms with Crippen molar-refractivity contribution in [2.24, 2.45) is 0 Å². The van der Waals surface area contributed by atoms with E-state index in [1.807, 2.05) is 11.3 Å². The second kappa shape index (κ2) is 7.49. The maximum atomic E-state index is 11.3. The predicted octanol–water partition coefficient (Wildman–Crippen LogP) is 4.78. The normalized spacial score (nSPS) is 25.4. The maximum absolute atomic E-state index is 11.3. The van der Waals surface area contributed by atoms with Crippen LogP contribution >= 0.6 is 23.1 Å². The highest BCUT2D eigenvalue weighted by Gasteiger charge is 2.47. The van der Waals surface area contributed by atoms with Gasteiger partial charge in [-0.2, -0.15) is 0 Å². The lowest BCUT2D eigenvalue weighted by molar-refractivity contribution is -0.140. The molecule has 2 saturated heterocycles. The van der Waals surface area contributed by atoms with Gasteiger partial charge in [-0.25, -0.2) is 4.98 Å². The third-order valence-electron chi connectivity index (χ3n) is 5.60. The Morgan fingerprint density at radius 1 is 1.42 bits per heavy atom. The van der Waals surface area contributed by atoms with Crippen LogP contribution in [0.2, 0.25) is 0 Å². The third kappa shape index (κ3) is 3.51. The van der Waals surface area contributed by atoms with Gasteiger partial charge in [-0.05, 0) is 43.9 Å². The van der Waals surface area contributed by atoms with Crippen LogP contribution in [0.15, 0.2) is 17.0 Å². The van der Waals surface area contributed by atoms with Crippen molar-refractivity contribution in [2.75, 3.05) is 12.9 Å². The third-order valence-corrected chi connectivity index (χ3v) is 7.79. The molecular formula is C20H26N2O2S2. The highest BCUT2D eigenvalue weighted by molar-refractivity contribution is 7.99. The van der Waals surface area contributed by atoms with Crippen molar-refractivity contribution < 1.29 is 9.53 Å². The number of esters is 1. The van der Waals surface area contributed by atoms with E-state index < -0.39 is 0 Å². The number of thiazole rings is 1. The van der Waals surface area contributed by atoms with Gasteiger partial charge in [0.2, 0.25) is 0 Å². The molecule has 1 unspecified atom stereocenters. The molecule has 6 heteroatoms. The zero-order valence-electron chi connectivity index (χ0n) is 15.5. The fourth-order valence-electron chi connectivity index (χ4n) is 4.20. The lowest BCUT2D eigenvalue weighted by Crippen LogP contribution is -2.61. The van der Waals surface area contributed by atoms with Gasteiger partial charge in [-0.15, -0.1) is 23.1 Å². The van der Waals surface area contributed by atoms with Crippen LogP contribution in [0.1, 0.15) is 55.5 Å². The topological polar surface area (TPSA) is 51.2 Å². The van der Waals surface area contributed by atoms with Gasteiger partial charge in [-0.1, -0.05) is 19.3 Å². The monoisotopic (exact) mass is 390 g/mol. The van der Waals surface area contributed by atoms with Crippen molar-refractivity contribution in [1.29, 1.82) is 0 Å². The number of aryl methyl sites for hydroxylation is 1. The van der Waals surface area contributed by atoms with Crippen LogP contribution in [-0.4, -0.2) is 29.9 Å². The number of aromatic nitrogens is 1. The highest BCUT2D eigenvalue weighted by atomic mass is 32.2. The number of benzene rings is 1. The van der Waals surface area contributed by atoms with E-state index in [0.717, 1.165) is 11.3 Å². The van der Waals surface area contributed by atoms with Crippen LogP contribution in [0.3, 0.4) is 0 Å². The van der Waals surface area contributed by atoms with Crippen LogP contribution in [0.25, 0.3) is 10.2 Å². The summed E-state index contributed by atoms with van der Waals surface area (Å²) in [6.07, 6.45) is 8.22. The van der Waals surface area contributed by atoms with Crippen LogP contribution in [0.4, 0.5) is 0 Å². The average molecular weight is 391 g/mol. The summed E-state index contributed by atoms with van der Waals surface area (Å²) in [5.74, 6) is 0.598. The minimum atomic E-state index is -0.149. The van der Waals surface area contributed by atoms with Crippen LogP contribution in [0, 0.1) is 6.92 Å². The summed E-state index contributed by atoms with van der Waals surface area (Å²) >= 11 is 3.57. The quantitative estimate of drug-likeness (QED) is 0.588. The van der Waals surface area contributed by atoms with Crippen molar-refractivity contribution in [1.82, 2.24) is 10.3 Å². The van der Waals surface area contributed by atoms with Crippen LogP contribution in [-0.2, 0) is 15.1 Å². The molecule has 0 amide bonds. The summed E-state index contributed by atoms with van der Waals surface area (Å²) in [4.78, 5) is 17.6. The Kier molecular flexibility index (Phi) is 5.26. The first-order valence-electron chi connectivity index (χ1n) is 9.49. The summed E-state index contributed by atoms with van der Waals surface area (Å²) in [5, 5.41) is 5.12. The molecule has 2 aromatic rings. The number of hydrogen-bond acceptors (Lipinski definition) is 6. The molecule has 140 valence electrons. The van der Waals surface area contributed by atoms with Gasteiger partial charge in [0.1, 0.15) is 5.01 Å². The molecule has 3 aliphatic rings. The van der Waals surface area contributed by atoms with Gasteiger partial charge < -0.3 is 10.1 Å². The van der Waals surface area contributed by atoms with Crippen molar-refractivity contribution in [3.05, 3.63) is 22.7 Å². The molecule has 26 heavy (non-hydrogen) atoms. The van der Waals surface area contributed by atoms with E-state index in [4.69, 9.17) is 9.72 Å². The molecule has 2 aliphatic heterocycles. The van der Waals surface area contributed by atoms with Gasteiger partial charge in [0, 0.05) is 16.7 Å². The summed E-state index contributed by atoms with van der Waals surface area (Å²) in [7, 11) is 1.44. The van der Waals surface area contributed by atoms with Crippen molar-refractivity contribution >= 4 is 39.3 Å². The predicted molar refractivity (Wildman–Crippen MR) is 108 cm³/mol. The fourth-order valence-corrected chi connectivity index (χ4v) is 6.51. The van der Waals surface area contributed by atoms with E-state index in [9.17, 15) is 4.79 Å². The second-order valence-electron chi connectivity index (χ2n) is 7.51. The zero-order valence-corrected chi connectivity index (χ0v) is 17.1. The molecular weight excluding hydrogens is 364 g/mol. The summed E-state index contributed by atoms with van der Waals surface area (Å²) in [6.45, 7) is 2.14. The number of fused-ring (bicyclic) bond motifs is 5. The van der Waals surface area contributed by atoms with Gasteiger partial charge in [0.25, 0.3) is 0 Å². The molecule has 1 aliphatic carbocycles. The molecule has 0 spiro atoms. The van der Waals surface area contributed by atoms with E-state index in [2.05, 4.69) is 24.4 Å². The number of nitrogens with zero attached hydrogens (tertiary/aromatic N) is 1. The first-order valence-corrected chi connectivity index (χ1v) is 11.3. The lowest BCUT2D eigenvalue weighted by atomic mass is 9.74. The number of ether oxygens (including phenoxy) is 1. The number of hydrogen-bond donors (Lipinski definition) is 1. The second-order valence-corrected chi connectivity index (χ2v) is 9.71. The minimum absolute atomic E-state index is 0.124. The molecule has 3 fully saturated rings. The lowest BCUT2D eigenvalue weighted by Gasteiger charge is -2.50. The Labute approximate surface area is 163 Å². The molecule has 1 aromatic carbocycles. The first kappa shape index (κ1) is 18.3. The molecule has 4 nitrogen and oxygen atoms in total. The van der Waals surface area contributed by atoms with Crippen LogP contribution in [0.5, 0.6) is 0 Å². The van der Waals surface area contributed by atoms with Gasteiger partial charge >= 0.3 is 5.97 Å². The number of carbonyl (C=O) groups is 1.